The number of hydrazine groups is 1. The van der Waals surface area contributed by atoms with Crippen LogP contribution in [0.3, 0.4) is 0 Å². The van der Waals surface area contributed by atoms with Gasteiger partial charge in [0.2, 0.25) is 5.90 Å². The number of halogens is 2. The van der Waals surface area contributed by atoms with Gasteiger partial charge in [-0.2, -0.15) is 0 Å². The lowest BCUT2D eigenvalue weighted by Crippen LogP contribution is -2.44. The zero-order valence-electron chi connectivity index (χ0n) is 28.7. The quantitative estimate of drug-likeness (QED) is 0.142. The molecule has 1 aromatic carbocycles. The van der Waals surface area contributed by atoms with Crippen molar-refractivity contribution in [1.82, 2.24) is 26.9 Å². The number of hydrogen-bond acceptors (Lipinski definition) is 10. The summed E-state index contributed by atoms with van der Waals surface area (Å²) in [6, 6.07) is 3.27. The van der Waals surface area contributed by atoms with E-state index in [9.17, 15) is 18.7 Å². The number of dihydropyridines is 1. The normalized spacial score (nSPS) is 22.3. The van der Waals surface area contributed by atoms with Crippen LogP contribution in [-0.2, 0) is 9.47 Å². The number of carbonyl (C=O) groups is 1. The average molecular weight is 672 g/mol. The van der Waals surface area contributed by atoms with E-state index in [0.29, 0.717) is 11.5 Å². The molecule has 1 aliphatic carbocycles. The molecule has 6 N–H and O–H groups in total. The van der Waals surface area contributed by atoms with Crippen LogP contribution in [0.1, 0.15) is 96.6 Å². The highest BCUT2D eigenvalue weighted by molar-refractivity contribution is 8.00. The van der Waals surface area contributed by atoms with Crippen LogP contribution in [0.25, 0.3) is 5.57 Å². The Labute approximate surface area is 285 Å². The van der Waals surface area contributed by atoms with Crippen LogP contribution >= 0.6 is 11.8 Å². The van der Waals surface area contributed by atoms with Gasteiger partial charge in [-0.15, -0.1) is 5.10 Å². The lowest BCUT2D eigenvalue weighted by atomic mass is 9.76. The number of alkyl halides is 2. The Morgan fingerprint density at radius 3 is 2.34 bits per heavy atom. The number of nitrogens with zero attached hydrogens (tertiary/aromatic N) is 1. The molecule has 15 heteroatoms. The Bertz CT molecular complexity index is 1300. The van der Waals surface area contributed by atoms with Gasteiger partial charge in [-0.3, -0.25) is 10.2 Å². The first kappa shape index (κ1) is 41.8. The van der Waals surface area contributed by atoms with Crippen molar-refractivity contribution in [2.75, 3.05) is 0 Å². The summed E-state index contributed by atoms with van der Waals surface area (Å²) in [5.41, 5.74) is 6.48. The van der Waals surface area contributed by atoms with Crippen LogP contribution in [0.15, 0.2) is 41.3 Å². The van der Waals surface area contributed by atoms with Gasteiger partial charge in [-0.25, -0.2) is 19.6 Å². The molecule has 0 spiro atoms. The van der Waals surface area contributed by atoms with E-state index in [0.717, 1.165) is 19.0 Å². The summed E-state index contributed by atoms with van der Waals surface area (Å²) in [5.74, 6) is 6.32. The van der Waals surface area contributed by atoms with Crippen LogP contribution < -0.4 is 26.9 Å². The summed E-state index contributed by atoms with van der Waals surface area (Å²) in [6.45, 7) is 17.8. The molecule has 4 aliphatic rings. The van der Waals surface area contributed by atoms with Crippen LogP contribution in [0, 0.1) is 17.8 Å². The maximum atomic E-state index is 13.7. The number of allylic oxidation sites excluding steroid dienone is 1. The third kappa shape index (κ3) is 13.1. The number of rotatable bonds is 7. The number of hydrogen-bond donors (Lipinski definition) is 6. The fourth-order valence-electron chi connectivity index (χ4n) is 3.90. The van der Waals surface area contributed by atoms with E-state index in [4.69, 9.17) is 25.2 Å². The van der Waals surface area contributed by atoms with Gasteiger partial charge in [0.15, 0.2) is 21.9 Å². The van der Waals surface area contributed by atoms with Crippen LogP contribution in [0.2, 0.25) is 0 Å². The summed E-state index contributed by atoms with van der Waals surface area (Å²) < 4.78 is 38.3. The monoisotopic (exact) mass is 672 g/mol. The molecule has 4 radical (unpaired) electrons. The number of hydrazone groups is 1. The summed E-state index contributed by atoms with van der Waals surface area (Å²) in [4.78, 5) is 13.5. The molecule has 2 fully saturated rings. The Kier molecular flexibility index (Phi) is 18.6. The van der Waals surface area contributed by atoms with Gasteiger partial charge < -0.3 is 25.2 Å². The number of thioether (sulfide) groups is 1. The van der Waals surface area contributed by atoms with E-state index in [1.54, 1.807) is 19.1 Å². The summed E-state index contributed by atoms with van der Waals surface area (Å²) >= 11 is 1.38. The second kappa shape index (κ2) is 20.9. The Morgan fingerprint density at radius 1 is 1.13 bits per heavy atom. The second-order valence-corrected chi connectivity index (χ2v) is 10.5. The first-order valence-electron chi connectivity index (χ1n) is 16.1. The molecule has 47 heavy (non-hydrogen) atoms. The van der Waals surface area contributed by atoms with Crippen molar-refractivity contribution in [3.8, 4) is 11.8 Å². The van der Waals surface area contributed by atoms with E-state index in [2.05, 4.69) is 43.9 Å². The highest BCUT2D eigenvalue weighted by Crippen LogP contribution is 2.34. The lowest BCUT2D eigenvalue weighted by molar-refractivity contribution is -0.0332. The fraction of sp³-hybridized carbons (Fsp3) is 0.562. The predicted molar refractivity (Wildman–Crippen MR) is 188 cm³/mol. The van der Waals surface area contributed by atoms with E-state index >= 15 is 0 Å². The minimum absolute atomic E-state index is 0.0540. The molecule has 0 bridgehead atoms. The van der Waals surface area contributed by atoms with Crippen LogP contribution in [-0.4, -0.2) is 67.8 Å². The smallest absolute Gasteiger partial charge is 0.261 e. The highest BCUT2D eigenvalue weighted by Gasteiger charge is 2.32. The van der Waals surface area contributed by atoms with E-state index in [-0.39, 0.29) is 40.0 Å². The molecule has 256 valence electrons. The third-order valence-corrected chi connectivity index (χ3v) is 6.89. The van der Waals surface area contributed by atoms with Crippen molar-refractivity contribution in [2.24, 2.45) is 11.0 Å². The van der Waals surface area contributed by atoms with Gasteiger partial charge in [-0.1, -0.05) is 79.0 Å². The largest absolute Gasteiger partial charge is 0.480 e. The minimum atomic E-state index is -2.79. The number of benzene rings is 1. The first-order valence-corrected chi connectivity index (χ1v) is 17.1. The van der Waals surface area contributed by atoms with Gasteiger partial charge >= 0.3 is 0 Å². The van der Waals surface area contributed by atoms with Gasteiger partial charge in [0, 0.05) is 28.8 Å². The molecule has 5 rings (SSSR count). The van der Waals surface area contributed by atoms with Crippen LogP contribution in [0.5, 0.6) is 0 Å². The maximum Gasteiger partial charge on any atom is 0.261 e. The van der Waals surface area contributed by atoms with Crippen LogP contribution in [0.4, 0.5) is 8.78 Å². The van der Waals surface area contributed by atoms with E-state index in [1.807, 2.05) is 55.4 Å². The minimum Gasteiger partial charge on any atom is -0.480 e. The molecule has 1 saturated carbocycles. The molecule has 3 aliphatic heterocycles. The number of aliphatic hydroxyl groups is 1. The zero-order valence-corrected chi connectivity index (χ0v) is 29.5. The molecule has 10 nitrogen and oxygen atoms in total. The first-order chi connectivity index (χ1) is 22.6. The molecule has 4 unspecified atom stereocenters. The molecule has 1 aromatic rings. The summed E-state index contributed by atoms with van der Waals surface area (Å²) in [5, 5.41) is 19.1. The number of nitrogens with one attached hydrogen (secondary N) is 5. The van der Waals surface area contributed by atoms with E-state index < -0.39 is 29.5 Å². The van der Waals surface area contributed by atoms with Crippen molar-refractivity contribution in [1.29, 1.82) is 0 Å². The standard InChI is InChI=1S/C24H24B2F2N6O4S.4C2H6/c1-11-31-33-22(37-11)13-5-6-14(21(35)30-23-34-32-19(39-23)7-4-12-2-3-12)15(8-13)16-9-17(20(27)28)29-10-18(16)38-24(25,26)36;4*1-2/h5-6,8-12,17,19-20,23,29,31-32,34,36H,2-3H2,1H3,(H,30,35);4*1-2H3. The van der Waals surface area contributed by atoms with Crippen molar-refractivity contribution in [3.63, 3.8) is 0 Å². The molecule has 4 atom stereocenters. The average Bonchev–Trinajstić information content (AvgIpc) is 3.64. The summed E-state index contributed by atoms with van der Waals surface area (Å²) in [7, 11) is 10.8. The second-order valence-electron chi connectivity index (χ2n) is 9.26. The zero-order chi connectivity index (χ0) is 35.7. The molecular weight excluding hydrogens is 624 g/mol. The molecule has 1 amide bonds. The van der Waals surface area contributed by atoms with Crippen molar-refractivity contribution in [2.45, 2.75) is 110 Å². The number of amides is 1. The molecule has 0 aromatic heterocycles. The summed E-state index contributed by atoms with van der Waals surface area (Å²) in [6.07, 6.45) is 1.32. The lowest BCUT2D eigenvalue weighted by Gasteiger charge is -2.30. The van der Waals surface area contributed by atoms with E-state index in [1.165, 1.54) is 23.9 Å². The SMILES string of the molecule is CC.CC.CC.CC.[B]C([B])(O)OC1=CNC(C(F)F)C=C1c1cc(C2=NNC(C)O2)ccc1C(=O)NC1NNC(C#CC2CC2)S1. The number of ether oxygens (including phenoxy) is 2. The van der Waals surface area contributed by atoms with Crippen molar-refractivity contribution < 1.29 is 28.2 Å². The Hall–Kier alpha value is -3.18. The van der Waals surface area contributed by atoms with Gasteiger partial charge in [0.1, 0.15) is 28.3 Å². The van der Waals surface area contributed by atoms with Crippen molar-refractivity contribution in [3.05, 3.63) is 52.9 Å². The molecule has 3 heterocycles. The van der Waals surface area contributed by atoms with Gasteiger partial charge in [0.25, 0.3) is 12.3 Å². The maximum absolute atomic E-state index is 13.7. The molecule has 1 saturated heterocycles. The predicted octanol–water partition coefficient (Wildman–Crippen LogP) is 4.43. The van der Waals surface area contributed by atoms with Crippen molar-refractivity contribution >= 4 is 44.8 Å². The Balaban J connectivity index is 0.00000128. The third-order valence-electron chi connectivity index (χ3n) is 5.88. The molecular formula is C32H48B2F2N6O4S. The Morgan fingerprint density at radius 2 is 1.79 bits per heavy atom. The topological polar surface area (TPSA) is 128 Å². The van der Waals surface area contributed by atoms with Gasteiger partial charge in [-0.05, 0) is 49.6 Å². The fourth-order valence-corrected chi connectivity index (χ4v) is 4.76. The van der Waals surface area contributed by atoms with Gasteiger partial charge in [0.05, 0.1) is 0 Å². The highest BCUT2D eigenvalue weighted by atomic mass is 32.2. The number of carbonyl (C=O) groups excluding carboxylic acids is 1.